The van der Waals surface area contributed by atoms with E-state index in [9.17, 15) is 13.2 Å². The smallest absolute Gasteiger partial charge is 0.244 e. The zero-order valence-corrected chi connectivity index (χ0v) is 20.0. The summed E-state index contributed by atoms with van der Waals surface area (Å²) >= 11 is 7.81. The summed E-state index contributed by atoms with van der Waals surface area (Å²) in [6.45, 7) is 0.483. The lowest BCUT2D eigenvalue weighted by molar-refractivity contribution is -0.116. The van der Waals surface area contributed by atoms with Crippen LogP contribution < -0.4 is 10.2 Å². The third-order valence-corrected chi connectivity index (χ3v) is 8.49. The monoisotopic (exact) mass is 487 g/mol. The number of hydrogen-bond donors (Lipinski definition) is 1. The fourth-order valence-corrected chi connectivity index (χ4v) is 5.92. The van der Waals surface area contributed by atoms with E-state index in [0.717, 1.165) is 25.5 Å². The Labute approximate surface area is 197 Å². The van der Waals surface area contributed by atoms with Crippen LogP contribution in [0.15, 0.2) is 81.4 Å². The van der Waals surface area contributed by atoms with E-state index in [4.69, 9.17) is 11.6 Å². The third kappa shape index (κ3) is 4.49. The number of carbonyl (C=O) groups is 1. The lowest BCUT2D eigenvalue weighted by Gasteiger charge is -2.32. The number of para-hydroxylation sites is 2. The van der Waals surface area contributed by atoms with E-state index in [-0.39, 0.29) is 22.2 Å². The Hall–Kier alpha value is -2.52. The molecule has 0 saturated heterocycles. The Bertz CT molecular complexity index is 1230. The van der Waals surface area contributed by atoms with Crippen LogP contribution in [0.5, 0.6) is 0 Å². The quantitative estimate of drug-likeness (QED) is 0.516. The summed E-state index contributed by atoms with van der Waals surface area (Å²) in [4.78, 5) is 17.1. The van der Waals surface area contributed by atoms with Gasteiger partial charge >= 0.3 is 0 Å². The van der Waals surface area contributed by atoms with Crippen molar-refractivity contribution in [1.82, 2.24) is 4.31 Å². The molecule has 6 nitrogen and oxygen atoms in total. The summed E-state index contributed by atoms with van der Waals surface area (Å²) in [6, 6.07) is 20.7. The number of nitrogens with zero attached hydrogens (tertiary/aromatic N) is 2. The largest absolute Gasteiger partial charge is 0.339 e. The summed E-state index contributed by atoms with van der Waals surface area (Å²) in [7, 11) is -0.855. The number of nitrogens with one attached hydrogen (secondary N) is 1. The number of fused-ring (bicyclic) bond motifs is 2. The second-order valence-electron chi connectivity index (χ2n) is 7.42. The highest BCUT2D eigenvalue weighted by atomic mass is 35.5. The molecule has 0 saturated carbocycles. The van der Waals surface area contributed by atoms with Crippen molar-refractivity contribution in [3.8, 4) is 0 Å². The van der Waals surface area contributed by atoms with Gasteiger partial charge in [0.05, 0.1) is 16.4 Å². The maximum Gasteiger partial charge on any atom is 0.244 e. The Balaban J connectivity index is 1.51. The van der Waals surface area contributed by atoms with Crippen molar-refractivity contribution in [2.75, 3.05) is 30.9 Å². The molecule has 1 aliphatic heterocycles. The SMILES string of the molecule is CN(C)S(=O)(=O)c1cc(NC(=O)CCN2c3ccccc3Sc3ccccc32)ccc1Cl. The maximum absolute atomic E-state index is 12.7. The molecule has 166 valence electrons. The predicted molar refractivity (Wildman–Crippen MR) is 130 cm³/mol. The van der Waals surface area contributed by atoms with Crippen molar-refractivity contribution in [1.29, 1.82) is 0 Å². The maximum atomic E-state index is 12.7. The van der Waals surface area contributed by atoms with Gasteiger partial charge in [0.2, 0.25) is 15.9 Å². The van der Waals surface area contributed by atoms with Gasteiger partial charge in [0.25, 0.3) is 0 Å². The molecule has 0 bridgehead atoms. The van der Waals surface area contributed by atoms with Gasteiger partial charge in [0.1, 0.15) is 4.90 Å². The third-order valence-electron chi connectivity index (χ3n) is 5.07. The van der Waals surface area contributed by atoms with E-state index in [2.05, 4.69) is 22.3 Å². The highest BCUT2D eigenvalue weighted by Gasteiger charge is 2.24. The van der Waals surface area contributed by atoms with Crippen LogP contribution >= 0.6 is 23.4 Å². The van der Waals surface area contributed by atoms with Gasteiger partial charge < -0.3 is 10.2 Å². The normalized spacial score (nSPS) is 12.9. The van der Waals surface area contributed by atoms with Crippen molar-refractivity contribution in [2.24, 2.45) is 0 Å². The molecule has 0 aliphatic carbocycles. The second kappa shape index (κ2) is 9.15. The highest BCUT2D eigenvalue weighted by Crippen LogP contribution is 2.47. The molecule has 9 heteroatoms. The van der Waals surface area contributed by atoms with E-state index in [1.165, 1.54) is 26.2 Å². The van der Waals surface area contributed by atoms with Crippen molar-refractivity contribution >= 4 is 56.4 Å². The molecular formula is C23H22ClN3O3S2. The molecule has 4 rings (SSSR count). The molecular weight excluding hydrogens is 466 g/mol. The first-order valence-corrected chi connectivity index (χ1v) is 12.6. The number of amides is 1. The van der Waals surface area contributed by atoms with Gasteiger partial charge in [-0.3, -0.25) is 4.79 Å². The number of anilines is 3. The Kier molecular flexibility index (Phi) is 6.48. The molecule has 1 amide bonds. The number of carbonyl (C=O) groups excluding carboxylic acids is 1. The van der Waals surface area contributed by atoms with Crippen LogP contribution in [0.2, 0.25) is 5.02 Å². The first kappa shape index (κ1) is 22.7. The molecule has 0 radical (unpaired) electrons. The van der Waals surface area contributed by atoms with Crippen molar-refractivity contribution < 1.29 is 13.2 Å². The Morgan fingerprint density at radius 1 is 1.00 bits per heavy atom. The minimum atomic E-state index is -3.72. The van der Waals surface area contributed by atoms with E-state index in [1.807, 2.05) is 36.4 Å². The second-order valence-corrected chi connectivity index (χ2v) is 11.0. The van der Waals surface area contributed by atoms with Crippen molar-refractivity contribution in [3.63, 3.8) is 0 Å². The zero-order valence-electron chi connectivity index (χ0n) is 17.6. The van der Waals surface area contributed by atoms with Gasteiger partial charge in [0, 0.05) is 42.5 Å². The van der Waals surface area contributed by atoms with Gasteiger partial charge in [-0.1, -0.05) is 47.6 Å². The van der Waals surface area contributed by atoms with Crippen molar-refractivity contribution in [2.45, 2.75) is 21.1 Å². The van der Waals surface area contributed by atoms with Crippen LogP contribution in [0.25, 0.3) is 0 Å². The first-order valence-electron chi connectivity index (χ1n) is 9.93. The molecule has 3 aromatic rings. The van der Waals surface area contributed by atoms with Crippen LogP contribution in [-0.2, 0) is 14.8 Å². The topological polar surface area (TPSA) is 69.7 Å². The predicted octanol–water partition coefficient (Wildman–Crippen LogP) is 5.22. The fourth-order valence-electron chi connectivity index (χ4n) is 3.43. The number of halogens is 1. The number of hydrogen-bond acceptors (Lipinski definition) is 5. The van der Waals surface area contributed by atoms with Gasteiger partial charge in [-0.05, 0) is 42.5 Å². The fraction of sp³-hybridized carbons (Fsp3) is 0.174. The standard InChI is InChI=1S/C23H22ClN3O3S2/c1-26(2)32(29,30)22-15-16(11-12-17(22)24)25-23(28)13-14-27-18-7-3-5-9-20(18)31-21-10-6-4-8-19(21)27/h3-12,15H,13-14H2,1-2H3,(H,25,28). The molecule has 0 fully saturated rings. The molecule has 32 heavy (non-hydrogen) atoms. The molecule has 0 atom stereocenters. The number of benzene rings is 3. The minimum absolute atomic E-state index is 0.0436. The van der Waals surface area contributed by atoms with Crippen LogP contribution in [0.3, 0.4) is 0 Å². The molecule has 1 heterocycles. The van der Waals surface area contributed by atoms with Crippen LogP contribution in [0.1, 0.15) is 6.42 Å². The van der Waals surface area contributed by atoms with Crippen LogP contribution in [0.4, 0.5) is 17.1 Å². The van der Waals surface area contributed by atoms with Gasteiger partial charge in [-0.15, -0.1) is 0 Å². The molecule has 0 aromatic heterocycles. The van der Waals surface area contributed by atoms with E-state index < -0.39 is 10.0 Å². The van der Waals surface area contributed by atoms with Crippen molar-refractivity contribution in [3.05, 3.63) is 71.8 Å². The lowest BCUT2D eigenvalue weighted by Crippen LogP contribution is -2.26. The summed E-state index contributed by atoms with van der Waals surface area (Å²) in [5, 5.41) is 2.90. The lowest BCUT2D eigenvalue weighted by atomic mass is 10.2. The van der Waals surface area contributed by atoms with Crippen LogP contribution in [-0.4, -0.2) is 39.3 Å². The molecule has 0 unspecified atom stereocenters. The van der Waals surface area contributed by atoms with E-state index in [0.29, 0.717) is 12.2 Å². The Morgan fingerprint density at radius 2 is 1.59 bits per heavy atom. The summed E-state index contributed by atoms with van der Waals surface area (Å²) in [6.07, 6.45) is 0.228. The molecule has 3 aromatic carbocycles. The highest BCUT2D eigenvalue weighted by molar-refractivity contribution is 7.99. The minimum Gasteiger partial charge on any atom is -0.339 e. The first-order chi connectivity index (χ1) is 15.3. The number of rotatable bonds is 6. The van der Waals surface area contributed by atoms with Crippen LogP contribution in [0, 0.1) is 0 Å². The van der Waals surface area contributed by atoms with E-state index in [1.54, 1.807) is 17.8 Å². The van der Waals surface area contributed by atoms with Gasteiger partial charge in [0.15, 0.2) is 0 Å². The van der Waals surface area contributed by atoms with Gasteiger partial charge in [-0.2, -0.15) is 0 Å². The summed E-state index contributed by atoms with van der Waals surface area (Å²) < 4.78 is 26.0. The Morgan fingerprint density at radius 3 is 2.19 bits per heavy atom. The average molecular weight is 488 g/mol. The summed E-state index contributed by atoms with van der Waals surface area (Å²) in [5.41, 5.74) is 2.51. The zero-order chi connectivity index (χ0) is 22.9. The van der Waals surface area contributed by atoms with Gasteiger partial charge in [-0.25, -0.2) is 12.7 Å². The number of sulfonamides is 1. The molecule has 0 spiro atoms. The molecule has 1 aliphatic rings. The summed E-state index contributed by atoms with van der Waals surface area (Å²) in [5.74, 6) is -0.214. The average Bonchev–Trinajstić information content (AvgIpc) is 2.77. The van der Waals surface area contributed by atoms with E-state index >= 15 is 0 Å². The molecule has 1 N–H and O–H groups in total.